The average Bonchev–Trinajstić information content (AvgIpc) is 3.64. The van der Waals surface area contributed by atoms with Crippen molar-refractivity contribution in [3.05, 3.63) is 77.6 Å². The molecular weight excluding hydrogens is 468 g/mol. The highest BCUT2D eigenvalue weighted by molar-refractivity contribution is 7.17. The molecule has 0 saturated carbocycles. The van der Waals surface area contributed by atoms with Crippen molar-refractivity contribution in [2.45, 2.75) is 20.4 Å². The number of ketones is 1. The Balaban J connectivity index is 1.42. The largest absolute Gasteiger partial charge is 0.353 e. The molecule has 5 aromatic heterocycles. The van der Waals surface area contributed by atoms with E-state index < -0.39 is 0 Å². The van der Waals surface area contributed by atoms with Gasteiger partial charge in [-0.1, -0.05) is 13.0 Å². The Kier molecular flexibility index (Phi) is 5.67. The Morgan fingerprint density at radius 2 is 1.86 bits per heavy atom. The fraction of sp³-hybridized carbons (Fsp3) is 0.143. The SMILES string of the molecule is CCNCc1cncc(-c2ccc3[nH]nc(-c4cc5c(-c6ccc(C(C)=O)s6)nccc5[nH]4)c3c2)c1. The smallest absolute Gasteiger partial charge is 0.169 e. The van der Waals surface area contributed by atoms with Crippen LogP contribution in [-0.4, -0.2) is 37.5 Å². The van der Waals surface area contributed by atoms with E-state index in [2.05, 4.69) is 67.7 Å². The highest BCUT2D eigenvalue weighted by atomic mass is 32.1. The molecule has 3 N–H and O–H groups in total. The lowest BCUT2D eigenvalue weighted by Gasteiger charge is -2.06. The quantitative estimate of drug-likeness (QED) is 0.230. The number of rotatable bonds is 7. The summed E-state index contributed by atoms with van der Waals surface area (Å²) in [6.45, 7) is 5.39. The first-order valence-electron chi connectivity index (χ1n) is 11.8. The van der Waals surface area contributed by atoms with E-state index >= 15 is 0 Å². The molecule has 6 rings (SSSR count). The van der Waals surface area contributed by atoms with E-state index in [1.54, 1.807) is 13.1 Å². The van der Waals surface area contributed by atoms with Crippen LogP contribution in [0, 0.1) is 0 Å². The second-order valence-electron chi connectivity index (χ2n) is 8.72. The van der Waals surface area contributed by atoms with Gasteiger partial charge in [0.1, 0.15) is 5.69 Å². The Labute approximate surface area is 211 Å². The lowest BCUT2D eigenvalue weighted by atomic mass is 10.0. The second-order valence-corrected chi connectivity index (χ2v) is 9.80. The molecule has 0 spiro atoms. The third kappa shape index (κ3) is 4.00. The number of nitrogens with zero attached hydrogens (tertiary/aromatic N) is 3. The maximum atomic E-state index is 11.8. The number of H-pyrrole nitrogens is 2. The normalized spacial score (nSPS) is 11.5. The van der Waals surface area contributed by atoms with Crippen molar-refractivity contribution in [3.8, 4) is 33.1 Å². The lowest BCUT2D eigenvalue weighted by molar-refractivity contribution is 0.102. The summed E-state index contributed by atoms with van der Waals surface area (Å²) in [5.41, 5.74) is 7.86. The molecule has 0 bridgehead atoms. The molecule has 1 aromatic carbocycles. The lowest BCUT2D eigenvalue weighted by Crippen LogP contribution is -2.11. The van der Waals surface area contributed by atoms with Gasteiger partial charge >= 0.3 is 0 Å². The Bertz CT molecular complexity index is 1730. The molecule has 0 saturated heterocycles. The zero-order valence-electron chi connectivity index (χ0n) is 19.9. The zero-order chi connectivity index (χ0) is 24.6. The van der Waals surface area contributed by atoms with Crippen LogP contribution in [0.4, 0.5) is 0 Å². The molecule has 0 aliphatic carbocycles. The summed E-state index contributed by atoms with van der Waals surface area (Å²) >= 11 is 1.47. The van der Waals surface area contributed by atoms with Gasteiger partial charge in [-0.05, 0) is 67.1 Å². The van der Waals surface area contributed by atoms with Crippen LogP contribution >= 0.6 is 11.3 Å². The van der Waals surface area contributed by atoms with Crippen molar-refractivity contribution in [1.82, 2.24) is 30.5 Å². The van der Waals surface area contributed by atoms with Gasteiger partial charge < -0.3 is 10.3 Å². The molecule has 178 valence electrons. The van der Waals surface area contributed by atoms with E-state index in [9.17, 15) is 4.79 Å². The minimum absolute atomic E-state index is 0.0642. The Morgan fingerprint density at radius 3 is 2.69 bits per heavy atom. The first-order chi connectivity index (χ1) is 17.6. The number of nitrogens with one attached hydrogen (secondary N) is 3. The number of benzene rings is 1. The van der Waals surface area contributed by atoms with Gasteiger partial charge in [-0.25, -0.2) is 0 Å². The van der Waals surface area contributed by atoms with Crippen molar-refractivity contribution in [1.29, 1.82) is 0 Å². The number of hydrogen-bond donors (Lipinski definition) is 3. The van der Waals surface area contributed by atoms with Crippen molar-refractivity contribution >= 4 is 38.9 Å². The first kappa shape index (κ1) is 22.3. The molecule has 0 radical (unpaired) electrons. The predicted molar refractivity (Wildman–Crippen MR) is 145 cm³/mol. The average molecular weight is 493 g/mol. The molecule has 0 atom stereocenters. The third-order valence-electron chi connectivity index (χ3n) is 6.26. The summed E-state index contributed by atoms with van der Waals surface area (Å²) in [7, 11) is 0. The van der Waals surface area contributed by atoms with Gasteiger partial charge in [-0.15, -0.1) is 11.3 Å². The number of hydrogen-bond acceptors (Lipinski definition) is 6. The Hall–Kier alpha value is -4.14. The number of fused-ring (bicyclic) bond motifs is 2. The van der Waals surface area contributed by atoms with E-state index in [0.717, 1.165) is 78.4 Å². The standard InChI is InChI=1S/C28H24N6OS/c1-3-29-13-17-10-19(15-30-14-17)18-4-5-23-20(11-18)27(34-33-23)24-12-21-22(32-24)8-9-31-28(21)26-7-6-25(36-26)16(2)35/h4-12,14-15,29,32H,3,13H2,1-2H3,(H,33,34). The Morgan fingerprint density at radius 1 is 0.972 bits per heavy atom. The van der Waals surface area contributed by atoms with Crippen LogP contribution in [0.1, 0.15) is 29.1 Å². The van der Waals surface area contributed by atoms with Crippen LogP contribution in [0.25, 0.3) is 54.9 Å². The van der Waals surface area contributed by atoms with Gasteiger partial charge in [0.05, 0.1) is 26.7 Å². The fourth-order valence-corrected chi connectivity index (χ4v) is 5.35. The molecule has 6 aromatic rings. The number of aromatic amines is 2. The van der Waals surface area contributed by atoms with Gasteiger partial charge in [0.2, 0.25) is 0 Å². The van der Waals surface area contributed by atoms with E-state index in [4.69, 9.17) is 0 Å². The molecular formula is C28H24N6OS. The van der Waals surface area contributed by atoms with Crippen molar-refractivity contribution in [2.75, 3.05) is 6.54 Å². The molecule has 36 heavy (non-hydrogen) atoms. The summed E-state index contributed by atoms with van der Waals surface area (Å²) < 4.78 is 0. The number of carbonyl (C=O) groups is 1. The first-order valence-corrected chi connectivity index (χ1v) is 12.6. The van der Waals surface area contributed by atoms with Crippen LogP contribution < -0.4 is 5.32 Å². The molecule has 0 amide bonds. The van der Waals surface area contributed by atoms with E-state index in [-0.39, 0.29) is 5.78 Å². The van der Waals surface area contributed by atoms with Gasteiger partial charge in [0.25, 0.3) is 0 Å². The molecule has 0 aliphatic rings. The number of aromatic nitrogens is 5. The highest BCUT2D eigenvalue weighted by Gasteiger charge is 2.16. The summed E-state index contributed by atoms with van der Waals surface area (Å²) in [5.74, 6) is 0.0642. The van der Waals surface area contributed by atoms with Gasteiger partial charge in [-0.2, -0.15) is 5.10 Å². The van der Waals surface area contributed by atoms with Crippen LogP contribution in [0.15, 0.2) is 67.1 Å². The summed E-state index contributed by atoms with van der Waals surface area (Å²) in [4.78, 5) is 26.1. The molecule has 5 heterocycles. The maximum Gasteiger partial charge on any atom is 0.169 e. The van der Waals surface area contributed by atoms with Crippen LogP contribution in [-0.2, 0) is 6.54 Å². The molecule has 0 unspecified atom stereocenters. The maximum absolute atomic E-state index is 11.8. The van der Waals surface area contributed by atoms with Gasteiger partial charge in [-0.3, -0.25) is 19.9 Å². The van der Waals surface area contributed by atoms with Crippen molar-refractivity contribution < 1.29 is 4.79 Å². The third-order valence-corrected chi connectivity index (χ3v) is 7.45. The second kappa shape index (κ2) is 9.14. The van der Waals surface area contributed by atoms with E-state index in [1.807, 2.05) is 30.6 Å². The fourth-order valence-electron chi connectivity index (χ4n) is 4.44. The van der Waals surface area contributed by atoms with Gasteiger partial charge in [0, 0.05) is 47.0 Å². The minimum Gasteiger partial charge on any atom is -0.353 e. The molecule has 0 fully saturated rings. The summed E-state index contributed by atoms with van der Waals surface area (Å²) in [6.07, 6.45) is 5.59. The zero-order valence-corrected chi connectivity index (χ0v) is 20.7. The van der Waals surface area contributed by atoms with Crippen molar-refractivity contribution in [2.24, 2.45) is 0 Å². The van der Waals surface area contributed by atoms with Gasteiger partial charge in [0.15, 0.2) is 5.78 Å². The monoisotopic (exact) mass is 492 g/mol. The number of carbonyl (C=O) groups excluding carboxylic acids is 1. The number of thiophene rings is 1. The van der Waals surface area contributed by atoms with Crippen LogP contribution in [0.3, 0.4) is 0 Å². The summed E-state index contributed by atoms with van der Waals surface area (Å²) in [6, 6.07) is 16.4. The van der Waals surface area contributed by atoms with Crippen LogP contribution in [0.2, 0.25) is 0 Å². The number of Topliss-reactive ketones (excluding diaryl/α,β-unsaturated/α-hetero) is 1. The van der Waals surface area contributed by atoms with Crippen LogP contribution in [0.5, 0.6) is 0 Å². The van der Waals surface area contributed by atoms with Crippen molar-refractivity contribution in [3.63, 3.8) is 0 Å². The summed E-state index contributed by atoms with van der Waals surface area (Å²) in [5, 5.41) is 13.2. The molecule has 8 heteroatoms. The highest BCUT2D eigenvalue weighted by Crippen LogP contribution is 2.36. The van der Waals surface area contributed by atoms with E-state index in [1.165, 1.54) is 11.3 Å². The molecule has 7 nitrogen and oxygen atoms in total. The molecule has 0 aliphatic heterocycles. The van der Waals surface area contributed by atoms with E-state index in [0.29, 0.717) is 0 Å². The minimum atomic E-state index is 0.0642. The number of pyridine rings is 2. The predicted octanol–water partition coefficient (Wildman–Crippen LogP) is 6.21. The topological polar surface area (TPSA) is 99.3 Å².